The second-order valence-electron chi connectivity index (χ2n) is 6.22. The van der Waals surface area contributed by atoms with Crippen LogP contribution in [0.3, 0.4) is 0 Å². The lowest BCUT2D eigenvalue weighted by Gasteiger charge is -2.18. The summed E-state index contributed by atoms with van der Waals surface area (Å²) in [6.45, 7) is 4.31. The van der Waals surface area contributed by atoms with Crippen LogP contribution in [0.1, 0.15) is 18.9 Å². The Bertz CT molecular complexity index is 866. The number of benzene rings is 2. The van der Waals surface area contributed by atoms with Crippen molar-refractivity contribution < 1.29 is 17.9 Å². The van der Waals surface area contributed by atoms with Gasteiger partial charge in [0.2, 0.25) is 15.9 Å². The first-order chi connectivity index (χ1) is 13.4. The molecule has 0 unspecified atom stereocenters. The van der Waals surface area contributed by atoms with Gasteiger partial charge in [-0.3, -0.25) is 4.79 Å². The molecule has 0 fully saturated rings. The number of ether oxygens (including phenoxy) is 1. The molecule has 1 amide bonds. The molecular weight excluding hydrogens is 396 g/mol. The Morgan fingerprint density at radius 3 is 2.32 bits per heavy atom. The molecule has 2 aromatic carbocycles. The molecule has 6 nitrogen and oxygen atoms in total. The second-order valence-corrected chi connectivity index (χ2v) is 8.91. The van der Waals surface area contributed by atoms with Gasteiger partial charge in [0.15, 0.2) is 0 Å². The van der Waals surface area contributed by atoms with Crippen molar-refractivity contribution in [1.82, 2.24) is 4.72 Å². The van der Waals surface area contributed by atoms with Crippen LogP contribution in [0.2, 0.25) is 0 Å². The number of thioether (sulfide) groups is 1. The van der Waals surface area contributed by atoms with Gasteiger partial charge in [0, 0.05) is 5.69 Å². The molecule has 0 bridgehead atoms. The highest BCUT2D eigenvalue weighted by atomic mass is 32.2. The fraction of sp³-hybridized carbons (Fsp3) is 0.350. The van der Waals surface area contributed by atoms with Crippen LogP contribution in [0.15, 0.2) is 53.4 Å². The van der Waals surface area contributed by atoms with E-state index in [1.807, 2.05) is 32.2 Å². The lowest BCUT2D eigenvalue weighted by atomic mass is 10.2. The Morgan fingerprint density at radius 2 is 1.75 bits per heavy atom. The highest BCUT2D eigenvalue weighted by molar-refractivity contribution is 7.98. The molecule has 2 N–H and O–H groups in total. The van der Waals surface area contributed by atoms with E-state index in [0.29, 0.717) is 30.2 Å². The molecule has 0 radical (unpaired) electrons. The Kier molecular flexibility index (Phi) is 8.35. The second kappa shape index (κ2) is 10.5. The van der Waals surface area contributed by atoms with Crippen LogP contribution in [0.4, 0.5) is 5.69 Å². The summed E-state index contributed by atoms with van der Waals surface area (Å²) >= 11 is 1.55. The number of hydrogen-bond donors (Lipinski definition) is 2. The first-order valence-electron chi connectivity index (χ1n) is 8.97. The number of carbonyl (C=O) groups is 1. The van der Waals surface area contributed by atoms with E-state index >= 15 is 0 Å². The molecule has 0 aliphatic carbocycles. The molecule has 152 valence electrons. The molecule has 1 atom stereocenters. The van der Waals surface area contributed by atoms with Gasteiger partial charge in [-0.25, -0.2) is 8.42 Å². The summed E-state index contributed by atoms with van der Waals surface area (Å²) in [5.74, 6) is 0.863. The van der Waals surface area contributed by atoms with E-state index in [-0.39, 0.29) is 10.8 Å². The van der Waals surface area contributed by atoms with Crippen LogP contribution >= 0.6 is 11.8 Å². The maximum Gasteiger partial charge on any atom is 0.242 e. The molecule has 0 aliphatic rings. The highest BCUT2D eigenvalue weighted by Crippen LogP contribution is 2.17. The maximum absolute atomic E-state index is 12.7. The van der Waals surface area contributed by atoms with Crippen molar-refractivity contribution in [3.63, 3.8) is 0 Å². The molecule has 0 spiro atoms. The monoisotopic (exact) mass is 422 g/mol. The zero-order valence-electron chi connectivity index (χ0n) is 16.3. The third-order valence-electron chi connectivity index (χ3n) is 3.99. The van der Waals surface area contributed by atoms with Crippen LogP contribution in [0.25, 0.3) is 0 Å². The van der Waals surface area contributed by atoms with Crippen molar-refractivity contribution >= 4 is 33.4 Å². The van der Waals surface area contributed by atoms with Crippen LogP contribution in [0.5, 0.6) is 5.75 Å². The van der Waals surface area contributed by atoms with Crippen LogP contribution in [0, 0.1) is 6.92 Å². The minimum Gasteiger partial charge on any atom is -0.494 e. The lowest BCUT2D eigenvalue weighted by molar-refractivity contribution is -0.117. The molecule has 28 heavy (non-hydrogen) atoms. The number of rotatable bonds is 10. The molecule has 0 saturated heterocycles. The third-order valence-corrected chi connectivity index (χ3v) is 6.12. The number of aryl methyl sites for hydroxylation is 1. The van der Waals surface area contributed by atoms with Gasteiger partial charge in [-0.1, -0.05) is 17.7 Å². The molecule has 0 heterocycles. The van der Waals surface area contributed by atoms with Crippen molar-refractivity contribution in [2.24, 2.45) is 0 Å². The summed E-state index contributed by atoms with van der Waals surface area (Å²) in [5, 5.41) is 2.78. The van der Waals surface area contributed by atoms with Gasteiger partial charge in [-0.15, -0.1) is 0 Å². The topological polar surface area (TPSA) is 84.5 Å². The van der Waals surface area contributed by atoms with Crippen molar-refractivity contribution in [3.05, 3.63) is 54.1 Å². The van der Waals surface area contributed by atoms with Crippen molar-refractivity contribution in [2.75, 3.05) is 23.9 Å². The van der Waals surface area contributed by atoms with Crippen LogP contribution < -0.4 is 14.8 Å². The van der Waals surface area contributed by atoms with Gasteiger partial charge in [0.1, 0.15) is 11.8 Å². The summed E-state index contributed by atoms with van der Waals surface area (Å²) in [6.07, 6.45) is 2.30. The van der Waals surface area contributed by atoms with E-state index < -0.39 is 16.1 Å². The normalized spacial score (nSPS) is 12.4. The number of amides is 1. The number of hydrogen-bond acceptors (Lipinski definition) is 5. The Hall–Kier alpha value is -2.03. The summed E-state index contributed by atoms with van der Waals surface area (Å²) < 4.78 is 33.3. The fourth-order valence-electron chi connectivity index (χ4n) is 2.48. The Morgan fingerprint density at radius 1 is 1.11 bits per heavy atom. The Balaban J connectivity index is 2.14. The lowest BCUT2D eigenvalue weighted by Crippen LogP contribution is -2.44. The fourth-order valence-corrected chi connectivity index (χ4v) is 4.18. The van der Waals surface area contributed by atoms with Crippen molar-refractivity contribution in [2.45, 2.75) is 31.2 Å². The minimum atomic E-state index is -3.84. The SMILES string of the molecule is CCOc1ccc(S(=O)(=O)N[C@H](CCSC)C(=O)Nc2ccc(C)cc2)cc1. The third kappa shape index (κ3) is 6.54. The van der Waals surface area contributed by atoms with Gasteiger partial charge in [-0.2, -0.15) is 16.5 Å². The smallest absolute Gasteiger partial charge is 0.242 e. The van der Waals surface area contributed by atoms with Crippen molar-refractivity contribution in [1.29, 1.82) is 0 Å². The van der Waals surface area contributed by atoms with E-state index in [2.05, 4.69) is 10.0 Å². The number of carbonyl (C=O) groups excluding carboxylic acids is 1. The van der Waals surface area contributed by atoms with Gasteiger partial charge in [0.25, 0.3) is 0 Å². The van der Waals surface area contributed by atoms with E-state index in [4.69, 9.17) is 4.74 Å². The molecule has 0 aliphatic heterocycles. The van der Waals surface area contributed by atoms with E-state index in [1.165, 1.54) is 12.1 Å². The first kappa shape index (κ1) is 22.3. The van der Waals surface area contributed by atoms with Crippen molar-refractivity contribution in [3.8, 4) is 5.75 Å². The van der Waals surface area contributed by atoms with Gasteiger partial charge in [-0.05, 0) is 68.7 Å². The zero-order chi connectivity index (χ0) is 20.6. The predicted octanol–water partition coefficient (Wildman–Crippen LogP) is 3.43. The van der Waals surface area contributed by atoms with E-state index in [0.717, 1.165) is 5.56 Å². The predicted molar refractivity (Wildman–Crippen MR) is 115 cm³/mol. The van der Waals surface area contributed by atoms with Gasteiger partial charge < -0.3 is 10.1 Å². The van der Waals surface area contributed by atoms with Crippen LogP contribution in [-0.4, -0.2) is 39.0 Å². The standard InChI is InChI=1S/C20H26N2O4S2/c1-4-26-17-9-11-18(12-10-17)28(24,25)22-19(13-14-27-3)20(23)21-16-7-5-15(2)6-8-16/h5-12,19,22H,4,13-14H2,1-3H3,(H,21,23)/t19-/m1/s1. The molecule has 2 rings (SSSR count). The summed E-state index contributed by atoms with van der Waals surface area (Å²) in [6, 6.07) is 12.6. The highest BCUT2D eigenvalue weighted by Gasteiger charge is 2.25. The Labute approximate surface area is 171 Å². The molecule has 0 aromatic heterocycles. The molecule has 0 saturated carbocycles. The average Bonchev–Trinajstić information content (AvgIpc) is 2.67. The molecular formula is C20H26N2O4S2. The quantitative estimate of drug-likeness (QED) is 0.613. The average molecular weight is 423 g/mol. The van der Waals surface area contributed by atoms with Gasteiger partial charge in [0.05, 0.1) is 11.5 Å². The maximum atomic E-state index is 12.7. The summed E-state index contributed by atoms with van der Waals surface area (Å²) in [5.41, 5.74) is 1.71. The number of nitrogens with one attached hydrogen (secondary N) is 2. The van der Waals surface area contributed by atoms with Crippen LogP contribution in [-0.2, 0) is 14.8 Å². The molecule has 2 aromatic rings. The van der Waals surface area contributed by atoms with E-state index in [1.54, 1.807) is 36.0 Å². The largest absolute Gasteiger partial charge is 0.494 e. The number of anilines is 1. The zero-order valence-corrected chi connectivity index (χ0v) is 17.9. The summed E-state index contributed by atoms with van der Waals surface area (Å²) in [7, 11) is -3.84. The number of sulfonamides is 1. The molecule has 8 heteroatoms. The first-order valence-corrected chi connectivity index (χ1v) is 11.8. The van der Waals surface area contributed by atoms with Gasteiger partial charge >= 0.3 is 0 Å². The minimum absolute atomic E-state index is 0.0910. The van der Waals surface area contributed by atoms with E-state index in [9.17, 15) is 13.2 Å². The summed E-state index contributed by atoms with van der Waals surface area (Å²) in [4.78, 5) is 12.8.